The van der Waals surface area contributed by atoms with E-state index in [2.05, 4.69) is 5.32 Å². The normalized spacial score (nSPS) is 10.7. The number of methoxy groups -OCH3 is 1. The van der Waals surface area contributed by atoms with Gasteiger partial charge < -0.3 is 19.5 Å². The van der Waals surface area contributed by atoms with Crippen LogP contribution in [0.4, 0.5) is 5.69 Å². The number of rotatable bonds is 8. The highest BCUT2D eigenvalue weighted by molar-refractivity contribution is 6.32. The third-order valence-corrected chi connectivity index (χ3v) is 4.46. The lowest BCUT2D eigenvalue weighted by Gasteiger charge is -2.12. The van der Waals surface area contributed by atoms with Crippen molar-refractivity contribution in [3.05, 3.63) is 58.1 Å². The lowest BCUT2D eigenvalue weighted by Crippen LogP contribution is -2.20. The Morgan fingerprint density at radius 2 is 1.97 bits per heavy atom. The second-order valence-corrected chi connectivity index (χ2v) is 6.61. The van der Waals surface area contributed by atoms with E-state index >= 15 is 0 Å². The molecule has 0 atom stereocenters. The summed E-state index contributed by atoms with van der Waals surface area (Å²) in [6, 6.07) is 8.94. The number of carbonyl (C=O) groups is 2. The third kappa shape index (κ3) is 6.26. The molecule has 0 radical (unpaired) electrons. The molecular formula is C22H24ClNO5. The van der Waals surface area contributed by atoms with E-state index in [1.54, 1.807) is 18.2 Å². The van der Waals surface area contributed by atoms with Crippen molar-refractivity contribution in [2.24, 2.45) is 0 Å². The van der Waals surface area contributed by atoms with Crippen molar-refractivity contribution in [1.82, 2.24) is 0 Å². The molecule has 2 aromatic rings. The molecule has 1 N–H and O–H groups in total. The van der Waals surface area contributed by atoms with Crippen LogP contribution in [0.5, 0.6) is 11.5 Å². The number of esters is 1. The number of hydrogen-bond acceptors (Lipinski definition) is 5. The van der Waals surface area contributed by atoms with Gasteiger partial charge >= 0.3 is 5.97 Å². The first-order valence-electron chi connectivity index (χ1n) is 9.07. The van der Waals surface area contributed by atoms with E-state index in [-0.39, 0.29) is 6.61 Å². The number of carbonyl (C=O) groups excluding carboxylic acids is 2. The summed E-state index contributed by atoms with van der Waals surface area (Å²) < 4.78 is 15.7. The smallest absolute Gasteiger partial charge is 0.331 e. The van der Waals surface area contributed by atoms with Crippen molar-refractivity contribution in [3.8, 4) is 11.5 Å². The van der Waals surface area contributed by atoms with Crippen molar-refractivity contribution >= 4 is 35.2 Å². The SMILES string of the molecule is CCOc1c(Cl)cc(/C=C/C(=O)OCC(=O)Nc2cccc(C)c2C)cc1OC. The van der Waals surface area contributed by atoms with E-state index in [9.17, 15) is 9.59 Å². The number of amides is 1. The molecule has 154 valence electrons. The van der Waals surface area contributed by atoms with Gasteiger partial charge in [-0.3, -0.25) is 4.79 Å². The Kier molecular flexibility index (Phi) is 8.09. The Morgan fingerprint density at radius 3 is 2.66 bits per heavy atom. The van der Waals surface area contributed by atoms with Gasteiger partial charge in [-0.05, 0) is 61.7 Å². The number of benzene rings is 2. The molecule has 0 aromatic heterocycles. The molecule has 29 heavy (non-hydrogen) atoms. The summed E-state index contributed by atoms with van der Waals surface area (Å²) in [7, 11) is 1.50. The van der Waals surface area contributed by atoms with Crippen LogP contribution in [-0.2, 0) is 14.3 Å². The van der Waals surface area contributed by atoms with Gasteiger partial charge in [-0.2, -0.15) is 0 Å². The molecule has 1 amide bonds. The van der Waals surface area contributed by atoms with E-state index in [1.807, 2.05) is 32.9 Å². The minimum Gasteiger partial charge on any atom is -0.493 e. The molecular weight excluding hydrogens is 394 g/mol. The number of ether oxygens (including phenoxy) is 3. The first-order valence-corrected chi connectivity index (χ1v) is 9.44. The van der Waals surface area contributed by atoms with Gasteiger partial charge in [0.2, 0.25) is 0 Å². The molecule has 0 unspecified atom stereocenters. The van der Waals surface area contributed by atoms with Crippen molar-refractivity contribution in [2.75, 3.05) is 25.6 Å². The maximum atomic E-state index is 12.0. The zero-order valence-electron chi connectivity index (χ0n) is 16.9. The quantitative estimate of drug-likeness (QED) is 0.503. The van der Waals surface area contributed by atoms with Gasteiger partial charge in [-0.25, -0.2) is 4.79 Å². The van der Waals surface area contributed by atoms with Gasteiger partial charge in [0.25, 0.3) is 5.91 Å². The maximum Gasteiger partial charge on any atom is 0.331 e. The Bertz CT molecular complexity index is 924. The predicted molar refractivity (Wildman–Crippen MR) is 114 cm³/mol. The molecule has 0 aliphatic carbocycles. The van der Waals surface area contributed by atoms with Gasteiger partial charge in [0.05, 0.1) is 18.7 Å². The van der Waals surface area contributed by atoms with Gasteiger partial charge in [0.1, 0.15) is 0 Å². The maximum absolute atomic E-state index is 12.0. The highest BCUT2D eigenvalue weighted by Crippen LogP contribution is 2.36. The summed E-state index contributed by atoms with van der Waals surface area (Å²) in [6.07, 6.45) is 2.74. The molecule has 2 rings (SSSR count). The topological polar surface area (TPSA) is 73.9 Å². The second-order valence-electron chi connectivity index (χ2n) is 6.20. The molecule has 6 nitrogen and oxygen atoms in total. The Hall–Kier alpha value is -2.99. The van der Waals surface area contributed by atoms with Gasteiger partial charge in [-0.1, -0.05) is 23.7 Å². The zero-order chi connectivity index (χ0) is 21.4. The number of aryl methyl sites for hydroxylation is 1. The minimum atomic E-state index is -0.648. The number of hydrogen-bond donors (Lipinski definition) is 1. The fourth-order valence-corrected chi connectivity index (χ4v) is 2.82. The fraction of sp³-hybridized carbons (Fsp3) is 0.273. The average molecular weight is 418 g/mol. The first-order chi connectivity index (χ1) is 13.8. The Morgan fingerprint density at radius 1 is 1.21 bits per heavy atom. The Labute approximate surface area is 175 Å². The third-order valence-electron chi connectivity index (χ3n) is 4.18. The summed E-state index contributed by atoms with van der Waals surface area (Å²) in [5.41, 5.74) is 3.35. The van der Waals surface area contributed by atoms with Crippen LogP contribution in [0, 0.1) is 13.8 Å². The standard InChI is InChI=1S/C22H24ClNO5/c1-5-28-22-17(23)11-16(12-19(22)27-4)9-10-21(26)29-13-20(25)24-18-8-6-7-14(2)15(18)3/h6-12H,5,13H2,1-4H3,(H,24,25)/b10-9+. The molecule has 0 saturated heterocycles. The fourth-order valence-electron chi connectivity index (χ4n) is 2.54. The van der Waals surface area contributed by atoms with Crippen molar-refractivity contribution in [2.45, 2.75) is 20.8 Å². The molecule has 2 aromatic carbocycles. The zero-order valence-corrected chi connectivity index (χ0v) is 17.6. The molecule has 0 saturated carbocycles. The van der Waals surface area contributed by atoms with Crippen molar-refractivity contribution < 1.29 is 23.8 Å². The van der Waals surface area contributed by atoms with Crippen LogP contribution in [-0.4, -0.2) is 32.2 Å². The molecule has 0 aliphatic rings. The first kappa shape index (κ1) is 22.3. The summed E-state index contributed by atoms with van der Waals surface area (Å²) in [4.78, 5) is 23.9. The summed E-state index contributed by atoms with van der Waals surface area (Å²) >= 11 is 6.20. The summed E-state index contributed by atoms with van der Waals surface area (Å²) in [5.74, 6) is -0.156. The summed E-state index contributed by atoms with van der Waals surface area (Å²) in [6.45, 7) is 5.77. The number of halogens is 1. The van der Waals surface area contributed by atoms with E-state index in [1.165, 1.54) is 19.3 Å². The largest absolute Gasteiger partial charge is 0.493 e. The van der Waals surface area contributed by atoms with Crippen LogP contribution in [0.1, 0.15) is 23.6 Å². The van der Waals surface area contributed by atoms with Crippen molar-refractivity contribution in [1.29, 1.82) is 0 Å². The Balaban J connectivity index is 1.95. The molecule has 0 bridgehead atoms. The van der Waals surface area contributed by atoms with Crippen molar-refractivity contribution in [3.63, 3.8) is 0 Å². The highest BCUT2D eigenvalue weighted by atomic mass is 35.5. The lowest BCUT2D eigenvalue weighted by atomic mass is 10.1. The average Bonchev–Trinajstić information content (AvgIpc) is 2.70. The van der Waals surface area contributed by atoms with E-state index in [0.29, 0.717) is 34.4 Å². The van der Waals surface area contributed by atoms with Crippen LogP contribution in [0.25, 0.3) is 6.08 Å². The monoisotopic (exact) mass is 417 g/mol. The predicted octanol–water partition coefficient (Wildman–Crippen LogP) is 4.56. The van der Waals surface area contributed by atoms with Gasteiger partial charge in [0, 0.05) is 11.8 Å². The molecule has 0 aliphatic heterocycles. The molecule has 0 heterocycles. The summed E-state index contributed by atoms with van der Waals surface area (Å²) in [5, 5.41) is 3.10. The number of nitrogens with one attached hydrogen (secondary N) is 1. The van der Waals surface area contributed by atoms with Crippen LogP contribution in [0.15, 0.2) is 36.4 Å². The van der Waals surface area contributed by atoms with Crippen LogP contribution in [0.3, 0.4) is 0 Å². The number of anilines is 1. The van der Waals surface area contributed by atoms with E-state index in [4.69, 9.17) is 25.8 Å². The lowest BCUT2D eigenvalue weighted by molar-refractivity contribution is -0.142. The van der Waals surface area contributed by atoms with Crippen LogP contribution < -0.4 is 14.8 Å². The van der Waals surface area contributed by atoms with E-state index < -0.39 is 11.9 Å². The minimum absolute atomic E-state index is 0.368. The molecule has 0 fully saturated rings. The van der Waals surface area contributed by atoms with Crippen LogP contribution in [0.2, 0.25) is 5.02 Å². The van der Waals surface area contributed by atoms with Crippen LogP contribution >= 0.6 is 11.6 Å². The van der Waals surface area contributed by atoms with E-state index in [0.717, 1.165) is 11.1 Å². The molecule has 7 heteroatoms. The van der Waals surface area contributed by atoms with Gasteiger partial charge in [0.15, 0.2) is 18.1 Å². The molecule has 0 spiro atoms. The second kappa shape index (κ2) is 10.5. The van der Waals surface area contributed by atoms with Gasteiger partial charge in [-0.15, -0.1) is 0 Å². The highest BCUT2D eigenvalue weighted by Gasteiger charge is 2.11.